The summed E-state index contributed by atoms with van der Waals surface area (Å²) in [5.41, 5.74) is 0. The lowest BCUT2D eigenvalue weighted by Gasteiger charge is -2.18. The molecular formula is C52H100O6. The summed E-state index contributed by atoms with van der Waals surface area (Å²) >= 11 is 0. The monoisotopic (exact) mass is 821 g/mol. The van der Waals surface area contributed by atoms with E-state index in [0.717, 1.165) is 69.6 Å². The third-order valence-electron chi connectivity index (χ3n) is 12.1. The van der Waals surface area contributed by atoms with Gasteiger partial charge in [0.2, 0.25) is 0 Å². The van der Waals surface area contributed by atoms with E-state index < -0.39 is 6.10 Å². The van der Waals surface area contributed by atoms with Gasteiger partial charge in [0, 0.05) is 19.3 Å². The van der Waals surface area contributed by atoms with E-state index in [4.69, 9.17) is 14.2 Å². The van der Waals surface area contributed by atoms with Crippen molar-refractivity contribution in [2.24, 2.45) is 11.8 Å². The van der Waals surface area contributed by atoms with Crippen molar-refractivity contribution in [1.82, 2.24) is 0 Å². The molecule has 58 heavy (non-hydrogen) atoms. The maximum atomic E-state index is 12.8. The SMILES string of the molecule is CCCCCCCCCCCCCCCCCCCC(=O)OC[C@@H](COC(=O)CCCCCCCCCCC(C)C)OC(=O)CCCCCCCCCCC(C)CC. The largest absolute Gasteiger partial charge is 0.462 e. The third-order valence-corrected chi connectivity index (χ3v) is 12.1. The Hall–Kier alpha value is -1.59. The zero-order chi connectivity index (χ0) is 42.6. The van der Waals surface area contributed by atoms with Crippen molar-refractivity contribution >= 4 is 17.9 Å². The van der Waals surface area contributed by atoms with Crippen LogP contribution in [0.25, 0.3) is 0 Å². The van der Waals surface area contributed by atoms with Crippen molar-refractivity contribution in [2.75, 3.05) is 13.2 Å². The van der Waals surface area contributed by atoms with Crippen molar-refractivity contribution in [1.29, 1.82) is 0 Å². The lowest BCUT2D eigenvalue weighted by Crippen LogP contribution is -2.30. The number of hydrogen-bond donors (Lipinski definition) is 0. The van der Waals surface area contributed by atoms with E-state index in [1.54, 1.807) is 0 Å². The first-order valence-corrected chi connectivity index (χ1v) is 25.8. The average Bonchev–Trinajstić information content (AvgIpc) is 3.21. The molecule has 0 rings (SSSR count). The molecule has 0 amide bonds. The van der Waals surface area contributed by atoms with Gasteiger partial charge >= 0.3 is 17.9 Å². The van der Waals surface area contributed by atoms with E-state index in [1.807, 2.05) is 0 Å². The molecule has 0 aromatic heterocycles. The quantitative estimate of drug-likeness (QED) is 0.0346. The molecule has 0 aliphatic carbocycles. The molecule has 1 unspecified atom stereocenters. The van der Waals surface area contributed by atoms with Gasteiger partial charge in [-0.2, -0.15) is 0 Å². The van der Waals surface area contributed by atoms with Crippen LogP contribution in [0.2, 0.25) is 0 Å². The first-order chi connectivity index (χ1) is 28.3. The Morgan fingerprint density at radius 2 is 0.655 bits per heavy atom. The minimum Gasteiger partial charge on any atom is -0.462 e. The molecule has 0 bridgehead atoms. The molecule has 0 saturated carbocycles. The lowest BCUT2D eigenvalue weighted by molar-refractivity contribution is -0.167. The number of carbonyl (C=O) groups excluding carboxylic acids is 3. The Bertz CT molecular complexity index is 887. The Morgan fingerprint density at radius 1 is 0.362 bits per heavy atom. The molecule has 0 aliphatic rings. The molecule has 344 valence electrons. The predicted molar refractivity (Wildman–Crippen MR) is 247 cm³/mol. The van der Waals surface area contributed by atoms with Gasteiger partial charge in [0.05, 0.1) is 0 Å². The molecule has 0 radical (unpaired) electrons. The van der Waals surface area contributed by atoms with Crippen LogP contribution in [-0.4, -0.2) is 37.2 Å². The number of hydrogen-bond acceptors (Lipinski definition) is 6. The van der Waals surface area contributed by atoms with E-state index in [-0.39, 0.29) is 31.1 Å². The van der Waals surface area contributed by atoms with Crippen molar-refractivity contribution in [3.63, 3.8) is 0 Å². The highest BCUT2D eigenvalue weighted by Crippen LogP contribution is 2.18. The van der Waals surface area contributed by atoms with Gasteiger partial charge in [-0.1, -0.05) is 247 Å². The fourth-order valence-corrected chi connectivity index (χ4v) is 7.78. The van der Waals surface area contributed by atoms with E-state index in [0.29, 0.717) is 19.3 Å². The van der Waals surface area contributed by atoms with Gasteiger partial charge in [-0.3, -0.25) is 14.4 Å². The average molecular weight is 821 g/mol. The fraction of sp³-hybridized carbons (Fsp3) is 0.942. The number of rotatable bonds is 46. The summed E-state index contributed by atoms with van der Waals surface area (Å²) in [6, 6.07) is 0. The Balaban J connectivity index is 4.29. The van der Waals surface area contributed by atoms with Crippen LogP contribution in [0.4, 0.5) is 0 Å². The van der Waals surface area contributed by atoms with Crippen molar-refractivity contribution in [3.8, 4) is 0 Å². The standard InChI is InChI=1S/C52H100O6/c1-6-8-9-10-11-12-13-14-15-16-17-18-19-20-27-32-37-42-50(53)56-45-49(46-57-51(54)43-38-33-28-23-21-25-30-35-40-47(3)4)58-52(55)44-39-34-29-24-22-26-31-36-41-48(5)7-2/h47-49H,6-46H2,1-5H3/t48?,49-/m0/s1. The zero-order valence-electron chi connectivity index (χ0n) is 39.7. The summed E-state index contributed by atoms with van der Waals surface area (Å²) in [6.45, 7) is 11.3. The number of ether oxygens (including phenoxy) is 3. The highest BCUT2D eigenvalue weighted by Gasteiger charge is 2.19. The van der Waals surface area contributed by atoms with Gasteiger partial charge in [-0.05, 0) is 31.1 Å². The molecule has 6 nitrogen and oxygen atoms in total. The third kappa shape index (κ3) is 44.0. The van der Waals surface area contributed by atoms with Crippen molar-refractivity contribution in [3.05, 3.63) is 0 Å². The normalized spacial score (nSPS) is 12.5. The second kappa shape index (κ2) is 44.9. The minimum atomic E-state index is -0.762. The van der Waals surface area contributed by atoms with Crippen molar-refractivity contribution < 1.29 is 28.6 Å². The minimum absolute atomic E-state index is 0.0645. The summed E-state index contributed by atoms with van der Waals surface area (Å²) in [5, 5.41) is 0. The summed E-state index contributed by atoms with van der Waals surface area (Å²) in [4.78, 5) is 37.9. The number of carbonyl (C=O) groups is 3. The fourth-order valence-electron chi connectivity index (χ4n) is 7.78. The van der Waals surface area contributed by atoms with E-state index in [2.05, 4.69) is 34.6 Å². The van der Waals surface area contributed by atoms with Crippen LogP contribution in [-0.2, 0) is 28.6 Å². The number of unbranched alkanes of at least 4 members (excludes halogenated alkanes) is 30. The van der Waals surface area contributed by atoms with Gasteiger partial charge in [0.25, 0.3) is 0 Å². The molecule has 0 N–H and O–H groups in total. The van der Waals surface area contributed by atoms with Crippen LogP contribution in [0.15, 0.2) is 0 Å². The van der Waals surface area contributed by atoms with E-state index >= 15 is 0 Å². The molecule has 0 aromatic carbocycles. The maximum absolute atomic E-state index is 12.8. The van der Waals surface area contributed by atoms with Crippen LogP contribution in [0.3, 0.4) is 0 Å². The molecule has 0 fully saturated rings. The Kier molecular flexibility index (Phi) is 43.7. The van der Waals surface area contributed by atoms with E-state index in [9.17, 15) is 14.4 Å². The van der Waals surface area contributed by atoms with E-state index in [1.165, 1.54) is 173 Å². The van der Waals surface area contributed by atoms with Crippen molar-refractivity contribution in [2.45, 2.75) is 291 Å². The first kappa shape index (κ1) is 56.4. The first-order valence-electron chi connectivity index (χ1n) is 25.8. The summed E-state index contributed by atoms with van der Waals surface area (Å²) in [5.74, 6) is 0.789. The Labute approximate surface area is 361 Å². The summed E-state index contributed by atoms with van der Waals surface area (Å²) < 4.78 is 16.8. The summed E-state index contributed by atoms with van der Waals surface area (Å²) in [7, 11) is 0. The molecule has 0 spiro atoms. The molecule has 6 heteroatoms. The van der Waals surface area contributed by atoms with Gasteiger partial charge in [-0.15, -0.1) is 0 Å². The molecule has 0 saturated heterocycles. The highest BCUT2D eigenvalue weighted by molar-refractivity contribution is 5.71. The van der Waals surface area contributed by atoms with Crippen LogP contribution in [0, 0.1) is 11.8 Å². The molecule has 0 aliphatic heterocycles. The predicted octanol–water partition coefficient (Wildman–Crippen LogP) is 16.5. The van der Waals surface area contributed by atoms with Crippen LogP contribution >= 0.6 is 0 Å². The van der Waals surface area contributed by atoms with Gasteiger partial charge < -0.3 is 14.2 Å². The van der Waals surface area contributed by atoms with Gasteiger partial charge in [0.1, 0.15) is 13.2 Å². The second-order valence-corrected chi connectivity index (χ2v) is 18.5. The summed E-state index contributed by atoms with van der Waals surface area (Å²) in [6.07, 6.45) is 45.2. The van der Waals surface area contributed by atoms with Gasteiger partial charge in [0.15, 0.2) is 6.10 Å². The Morgan fingerprint density at radius 3 is 0.983 bits per heavy atom. The lowest BCUT2D eigenvalue weighted by atomic mass is 9.99. The van der Waals surface area contributed by atoms with Crippen LogP contribution in [0.1, 0.15) is 285 Å². The molecule has 2 atom stereocenters. The maximum Gasteiger partial charge on any atom is 0.306 e. The second-order valence-electron chi connectivity index (χ2n) is 18.5. The molecule has 0 heterocycles. The van der Waals surface area contributed by atoms with Gasteiger partial charge in [-0.25, -0.2) is 0 Å². The topological polar surface area (TPSA) is 78.9 Å². The van der Waals surface area contributed by atoms with Crippen LogP contribution in [0.5, 0.6) is 0 Å². The molecule has 0 aromatic rings. The zero-order valence-corrected chi connectivity index (χ0v) is 39.7. The molecular weight excluding hydrogens is 721 g/mol. The van der Waals surface area contributed by atoms with Crippen LogP contribution < -0.4 is 0 Å². The number of esters is 3. The smallest absolute Gasteiger partial charge is 0.306 e. The highest BCUT2D eigenvalue weighted by atomic mass is 16.6.